The Morgan fingerprint density at radius 2 is 1.05 bits per heavy atom. The van der Waals surface area contributed by atoms with E-state index in [1.54, 1.807) is 6.08 Å². The molecule has 1 aliphatic carbocycles. The number of pyridine rings is 1. The van der Waals surface area contributed by atoms with Crippen molar-refractivity contribution < 1.29 is 4.42 Å². The van der Waals surface area contributed by atoms with Crippen molar-refractivity contribution in [2.24, 2.45) is 4.40 Å². The Labute approximate surface area is 350 Å². The summed E-state index contributed by atoms with van der Waals surface area (Å²) in [6, 6.07) is 57.4. The van der Waals surface area contributed by atoms with Crippen LogP contribution < -0.4 is 0 Å². The van der Waals surface area contributed by atoms with Gasteiger partial charge in [-0.1, -0.05) is 152 Å². The van der Waals surface area contributed by atoms with Gasteiger partial charge in [0.25, 0.3) is 0 Å². The van der Waals surface area contributed by atoms with Gasteiger partial charge in [0.05, 0.1) is 16.9 Å². The van der Waals surface area contributed by atoms with E-state index in [1.807, 2.05) is 84.9 Å². The fourth-order valence-corrected chi connectivity index (χ4v) is 8.35. The zero-order chi connectivity index (χ0) is 40.2. The molecule has 0 amide bonds. The van der Waals surface area contributed by atoms with Crippen molar-refractivity contribution in [3.05, 3.63) is 187 Å². The van der Waals surface area contributed by atoms with Gasteiger partial charge in [0.1, 0.15) is 16.9 Å². The summed E-state index contributed by atoms with van der Waals surface area (Å²) in [6.45, 7) is 0. The van der Waals surface area contributed by atoms with Gasteiger partial charge in [-0.2, -0.15) is 0 Å². The molecule has 8 heteroatoms. The van der Waals surface area contributed by atoms with Gasteiger partial charge in [0, 0.05) is 55.1 Å². The van der Waals surface area contributed by atoms with Gasteiger partial charge in [0.2, 0.25) is 0 Å². The summed E-state index contributed by atoms with van der Waals surface area (Å²) in [5.41, 5.74) is 13.6. The number of thiol groups is 1. The molecule has 1 aliphatic rings. The number of allylic oxidation sites excluding steroid dienone is 1. The topological polar surface area (TPSA) is 101 Å². The van der Waals surface area contributed by atoms with Crippen molar-refractivity contribution in [3.63, 3.8) is 0 Å². The molecule has 3 aromatic heterocycles. The molecule has 7 aromatic carbocycles. The molecule has 0 fully saturated rings. The number of furan rings is 1. The Balaban J connectivity index is 1.00. The molecule has 0 spiro atoms. The molecule has 3 heterocycles. The predicted molar refractivity (Wildman–Crippen MR) is 247 cm³/mol. The number of para-hydroxylation sites is 2. The van der Waals surface area contributed by atoms with Gasteiger partial charge in [-0.3, -0.25) is 5.41 Å². The lowest BCUT2D eigenvalue weighted by molar-refractivity contribution is 0.670. The summed E-state index contributed by atoms with van der Waals surface area (Å²) in [6.07, 6.45) is 3.71. The number of hydrogen-bond donors (Lipinski definition) is 2. The second-order valence-corrected chi connectivity index (χ2v) is 14.9. The van der Waals surface area contributed by atoms with Crippen LogP contribution in [0.15, 0.2) is 185 Å². The third-order valence-corrected chi connectivity index (χ3v) is 11.3. The Morgan fingerprint density at radius 3 is 1.82 bits per heavy atom. The van der Waals surface area contributed by atoms with Crippen molar-refractivity contribution in [1.29, 1.82) is 5.41 Å². The van der Waals surface area contributed by atoms with Gasteiger partial charge < -0.3 is 4.42 Å². The lowest BCUT2D eigenvalue weighted by Gasteiger charge is -2.20. The molecule has 0 bridgehead atoms. The fraction of sp³-hybridized carbons (Fsp3) is 0. The molecule has 7 nitrogen and oxygen atoms in total. The van der Waals surface area contributed by atoms with Crippen LogP contribution in [0.1, 0.15) is 11.1 Å². The second-order valence-electron chi connectivity index (χ2n) is 14.7. The van der Waals surface area contributed by atoms with Gasteiger partial charge in [-0.05, 0) is 59.9 Å². The summed E-state index contributed by atoms with van der Waals surface area (Å²) >= 11 is 4.29. The van der Waals surface area contributed by atoms with E-state index in [0.717, 1.165) is 94.2 Å². The lowest BCUT2D eigenvalue weighted by atomic mass is 9.87. The molecule has 0 saturated heterocycles. The Kier molecular flexibility index (Phi) is 8.57. The molecular formula is C52H32N6OS. The van der Waals surface area contributed by atoms with Gasteiger partial charge in [0.15, 0.2) is 17.5 Å². The number of nitrogens with zero attached hydrogens (tertiary/aromatic N) is 5. The predicted octanol–water partition coefficient (Wildman–Crippen LogP) is 13.0. The number of rotatable bonds is 6. The molecular weight excluding hydrogens is 757 g/mol. The molecule has 0 saturated carbocycles. The molecule has 11 rings (SSSR count). The number of hydrogen-bond acceptors (Lipinski definition) is 8. The SMILES string of the molecule is N=C1C=Cc2c(-c3ccccc3)nc3cc(-c4cccc(-c5nc(-c6ccccc6)nc(-c6ccc(-c7cccc8c7oc7ccccc78)cc6)n5)c4)ccc3c2/C1=N/S. The summed E-state index contributed by atoms with van der Waals surface area (Å²) in [7, 11) is 0. The Hall–Kier alpha value is -7.81. The first-order chi connectivity index (χ1) is 29.6. The zero-order valence-corrected chi connectivity index (χ0v) is 32.8. The number of benzene rings is 7. The number of fused-ring (bicyclic) bond motifs is 6. The van der Waals surface area contributed by atoms with Crippen molar-refractivity contribution >= 4 is 63.2 Å². The first kappa shape index (κ1) is 35.4. The molecule has 0 unspecified atom stereocenters. The highest BCUT2D eigenvalue weighted by Crippen LogP contribution is 2.38. The van der Waals surface area contributed by atoms with Crippen LogP contribution in [0, 0.1) is 5.41 Å². The summed E-state index contributed by atoms with van der Waals surface area (Å²) < 4.78 is 10.6. The Bertz CT molecular complexity index is 3390. The van der Waals surface area contributed by atoms with E-state index in [9.17, 15) is 0 Å². The van der Waals surface area contributed by atoms with E-state index < -0.39 is 0 Å². The third kappa shape index (κ3) is 6.09. The quantitative estimate of drug-likeness (QED) is 0.163. The van der Waals surface area contributed by atoms with Crippen LogP contribution in [0.2, 0.25) is 0 Å². The van der Waals surface area contributed by atoms with Crippen LogP contribution in [0.5, 0.6) is 0 Å². The molecule has 282 valence electrons. The second kappa shape index (κ2) is 14.5. The average molecular weight is 789 g/mol. The van der Waals surface area contributed by atoms with Crippen LogP contribution >= 0.6 is 12.8 Å². The zero-order valence-electron chi connectivity index (χ0n) is 31.9. The minimum absolute atomic E-state index is 0.309. The van der Waals surface area contributed by atoms with E-state index in [2.05, 4.69) is 108 Å². The first-order valence-electron chi connectivity index (χ1n) is 19.6. The minimum Gasteiger partial charge on any atom is -0.455 e. The van der Waals surface area contributed by atoms with Gasteiger partial charge >= 0.3 is 0 Å². The monoisotopic (exact) mass is 788 g/mol. The summed E-state index contributed by atoms with van der Waals surface area (Å²) in [4.78, 5) is 20.3. The third-order valence-electron chi connectivity index (χ3n) is 11.1. The molecule has 0 radical (unpaired) electrons. The summed E-state index contributed by atoms with van der Waals surface area (Å²) in [5, 5.41) is 11.7. The average Bonchev–Trinajstić information content (AvgIpc) is 3.71. The highest BCUT2D eigenvalue weighted by molar-refractivity contribution is 7.79. The van der Waals surface area contributed by atoms with Gasteiger partial charge in [-0.15, -0.1) is 0 Å². The van der Waals surface area contributed by atoms with Crippen molar-refractivity contribution in [2.45, 2.75) is 0 Å². The van der Waals surface area contributed by atoms with E-state index in [-0.39, 0.29) is 0 Å². The number of aromatic nitrogens is 4. The summed E-state index contributed by atoms with van der Waals surface area (Å²) in [5.74, 6) is 1.73. The van der Waals surface area contributed by atoms with E-state index >= 15 is 0 Å². The highest BCUT2D eigenvalue weighted by Gasteiger charge is 2.24. The first-order valence-corrected chi connectivity index (χ1v) is 20.0. The molecule has 10 aromatic rings. The van der Waals surface area contributed by atoms with Crippen LogP contribution in [0.3, 0.4) is 0 Å². The van der Waals surface area contributed by atoms with Crippen LogP contribution in [-0.2, 0) is 0 Å². The maximum Gasteiger partial charge on any atom is 0.164 e. The molecule has 1 N–H and O–H groups in total. The van der Waals surface area contributed by atoms with E-state index in [1.165, 1.54) is 0 Å². The van der Waals surface area contributed by atoms with E-state index in [4.69, 9.17) is 29.8 Å². The molecule has 0 atom stereocenters. The van der Waals surface area contributed by atoms with Crippen LogP contribution in [0.25, 0.3) is 107 Å². The lowest BCUT2D eigenvalue weighted by Crippen LogP contribution is -2.18. The van der Waals surface area contributed by atoms with Crippen LogP contribution in [-0.4, -0.2) is 31.4 Å². The minimum atomic E-state index is 0.309. The van der Waals surface area contributed by atoms with Crippen LogP contribution in [0.4, 0.5) is 0 Å². The van der Waals surface area contributed by atoms with Crippen molar-refractivity contribution in [1.82, 2.24) is 19.9 Å². The van der Waals surface area contributed by atoms with Crippen molar-refractivity contribution in [3.8, 4) is 67.7 Å². The fourth-order valence-electron chi connectivity index (χ4n) is 8.14. The highest BCUT2D eigenvalue weighted by atomic mass is 32.1. The smallest absolute Gasteiger partial charge is 0.164 e. The van der Waals surface area contributed by atoms with E-state index in [0.29, 0.717) is 28.9 Å². The normalized spacial score (nSPS) is 13.1. The largest absolute Gasteiger partial charge is 0.455 e. The van der Waals surface area contributed by atoms with Gasteiger partial charge in [-0.25, -0.2) is 24.3 Å². The molecule has 60 heavy (non-hydrogen) atoms. The maximum absolute atomic E-state index is 8.63. The molecule has 0 aliphatic heterocycles. The van der Waals surface area contributed by atoms with Crippen molar-refractivity contribution in [2.75, 3.05) is 0 Å². The Morgan fingerprint density at radius 1 is 0.467 bits per heavy atom. The maximum atomic E-state index is 8.63. The standard InChI is InChI=1S/C52H32N6OS/c53-43-28-27-42-46(48(43)58-60)41-26-25-36(30-44(41)54-47(42)32-11-3-1-4-12-32)35-15-9-16-37(29-35)52-56-50(33-13-5-2-6-14-33)55-51(57-52)34-23-21-31(22-24-34)38-18-10-19-40-39-17-7-8-20-45(39)59-49(38)40/h1-30,53,60H/b53-43?,58-48+. The number of nitrogens with one attached hydrogen (secondary N) is 1.